The Morgan fingerprint density at radius 3 is 2.67 bits per heavy atom. The third kappa shape index (κ3) is 2.66. The molecule has 2 atom stereocenters. The molecule has 1 aliphatic heterocycles. The second-order valence-electron chi connectivity index (χ2n) is 5.54. The monoisotopic (exact) mass is 254 g/mol. The third-order valence-electron chi connectivity index (χ3n) is 4.28. The molecule has 1 heterocycles. The van der Waals surface area contributed by atoms with Crippen LogP contribution in [0.5, 0.6) is 0 Å². The number of hydrogen-bond acceptors (Lipinski definition) is 3. The van der Waals surface area contributed by atoms with E-state index in [2.05, 4.69) is 10.6 Å². The molecule has 2 aliphatic rings. The smallest absolute Gasteiger partial charge is 0.326 e. The van der Waals surface area contributed by atoms with Crippen LogP contribution in [-0.4, -0.2) is 36.1 Å². The fourth-order valence-electron chi connectivity index (χ4n) is 2.73. The van der Waals surface area contributed by atoms with Gasteiger partial charge in [-0.1, -0.05) is 6.92 Å². The van der Waals surface area contributed by atoms with Gasteiger partial charge in [0.2, 0.25) is 5.91 Å². The zero-order chi connectivity index (χ0) is 13.2. The van der Waals surface area contributed by atoms with Crippen molar-refractivity contribution < 1.29 is 14.7 Å². The van der Waals surface area contributed by atoms with Gasteiger partial charge in [-0.2, -0.15) is 0 Å². The zero-order valence-corrected chi connectivity index (χ0v) is 10.9. The Bertz CT molecular complexity index is 333. The predicted molar refractivity (Wildman–Crippen MR) is 67.1 cm³/mol. The first-order valence-corrected chi connectivity index (χ1v) is 6.83. The molecule has 1 aliphatic carbocycles. The van der Waals surface area contributed by atoms with E-state index in [1.54, 1.807) is 0 Å². The van der Waals surface area contributed by atoms with Crippen molar-refractivity contribution in [2.24, 2.45) is 11.3 Å². The fourth-order valence-corrected chi connectivity index (χ4v) is 2.73. The number of nitrogens with one attached hydrogen (secondary N) is 2. The number of rotatable bonds is 5. The number of amides is 1. The number of carbonyl (C=O) groups excluding carboxylic acids is 1. The summed E-state index contributed by atoms with van der Waals surface area (Å²) in [7, 11) is 0. The van der Waals surface area contributed by atoms with Gasteiger partial charge in [0.25, 0.3) is 0 Å². The summed E-state index contributed by atoms with van der Waals surface area (Å²) < 4.78 is 0. The molecule has 1 saturated heterocycles. The van der Waals surface area contributed by atoms with Gasteiger partial charge in [0.1, 0.15) is 6.04 Å². The maximum absolute atomic E-state index is 12.4. The van der Waals surface area contributed by atoms with Crippen LogP contribution in [0.15, 0.2) is 0 Å². The lowest BCUT2D eigenvalue weighted by Gasteiger charge is -2.36. The van der Waals surface area contributed by atoms with Gasteiger partial charge in [0.05, 0.1) is 5.41 Å². The van der Waals surface area contributed by atoms with E-state index in [9.17, 15) is 9.59 Å². The molecular formula is C13H22N2O3. The quantitative estimate of drug-likeness (QED) is 0.676. The van der Waals surface area contributed by atoms with E-state index in [0.717, 1.165) is 38.6 Å². The van der Waals surface area contributed by atoms with E-state index in [4.69, 9.17) is 5.11 Å². The van der Waals surface area contributed by atoms with E-state index in [1.165, 1.54) is 0 Å². The van der Waals surface area contributed by atoms with Crippen LogP contribution in [-0.2, 0) is 9.59 Å². The van der Waals surface area contributed by atoms with Gasteiger partial charge in [-0.25, -0.2) is 4.79 Å². The number of carboxylic acids is 1. The number of carboxylic acid groups (broad SMARTS) is 1. The van der Waals surface area contributed by atoms with E-state index < -0.39 is 17.4 Å². The molecule has 0 aromatic carbocycles. The van der Waals surface area contributed by atoms with Crippen molar-refractivity contribution in [1.29, 1.82) is 0 Å². The SMILES string of the molecule is CCC1(C(=O)NC(C(=O)O)C2CC2)CCCNC1. The van der Waals surface area contributed by atoms with Crippen molar-refractivity contribution in [1.82, 2.24) is 10.6 Å². The average Bonchev–Trinajstić information content (AvgIpc) is 3.20. The highest BCUT2D eigenvalue weighted by molar-refractivity contribution is 5.88. The van der Waals surface area contributed by atoms with E-state index in [0.29, 0.717) is 6.54 Å². The van der Waals surface area contributed by atoms with Crippen molar-refractivity contribution in [2.75, 3.05) is 13.1 Å². The van der Waals surface area contributed by atoms with Crippen LogP contribution in [0.1, 0.15) is 39.0 Å². The Labute approximate surface area is 107 Å². The minimum atomic E-state index is -0.902. The molecule has 0 aromatic heterocycles. The fraction of sp³-hybridized carbons (Fsp3) is 0.846. The summed E-state index contributed by atoms with van der Waals surface area (Å²) in [5.41, 5.74) is -0.416. The van der Waals surface area contributed by atoms with Gasteiger partial charge in [-0.15, -0.1) is 0 Å². The van der Waals surface area contributed by atoms with Gasteiger partial charge in [-0.3, -0.25) is 4.79 Å². The van der Waals surface area contributed by atoms with E-state index in [1.807, 2.05) is 6.92 Å². The Morgan fingerprint density at radius 1 is 1.50 bits per heavy atom. The molecule has 1 amide bonds. The van der Waals surface area contributed by atoms with Gasteiger partial charge >= 0.3 is 5.97 Å². The molecule has 1 saturated carbocycles. The largest absolute Gasteiger partial charge is 0.480 e. The summed E-state index contributed by atoms with van der Waals surface area (Å²) in [5.74, 6) is -0.853. The summed E-state index contributed by atoms with van der Waals surface area (Å²) in [4.78, 5) is 23.5. The van der Waals surface area contributed by atoms with Crippen LogP contribution in [0, 0.1) is 11.3 Å². The average molecular weight is 254 g/mol. The molecule has 102 valence electrons. The van der Waals surface area contributed by atoms with Crippen LogP contribution in [0.25, 0.3) is 0 Å². The zero-order valence-electron chi connectivity index (χ0n) is 10.9. The van der Waals surface area contributed by atoms with Crippen molar-refractivity contribution in [2.45, 2.75) is 45.1 Å². The molecule has 2 fully saturated rings. The lowest BCUT2D eigenvalue weighted by molar-refractivity contribution is -0.145. The maximum atomic E-state index is 12.4. The normalized spacial score (nSPS) is 29.6. The standard InChI is InChI=1S/C13H22N2O3/c1-2-13(6-3-7-14-8-13)12(18)15-10(11(16)17)9-4-5-9/h9-10,14H,2-8H2,1H3,(H,15,18)(H,16,17). The molecule has 0 aromatic rings. The van der Waals surface area contributed by atoms with E-state index in [-0.39, 0.29) is 11.8 Å². The minimum absolute atomic E-state index is 0.0866. The summed E-state index contributed by atoms with van der Waals surface area (Å²) in [6.45, 7) is 3.60. The van der Waals surface area contributed by atoms with Crippen LogP contribution in [0.4, 0.5) is 0 Å². The number of carbonyl (C=O) groups is 2. The highest BCUT2D eigenvalue weighted by Gasteiger charge is 2.43. The molecular weight excluding hydrogens is 232 g/mol. The molecule has 2 unspecified atom stereocenters. The maximum Gasteiger partial charge on any atom is 0.326 e. The molecule has 5 nitrogen and oxygen atoms in total. The first-order chi connectivity index (χ1) is 8.59. The summed E-state index contributed by atoms with van der Waals surface area (Å²) in [5, 5.41) is 15.2. The van der Waals surface area contributed by atoms with Crippen molar-refractivity contribution in [3.63, 3.8) is 0 Å². The molecule has 18 heavy (non-hydrogen) atoms. The van der Waals surface area contributed by atoms with Crippen LogP contribution >= 0.6 is 0 Å². The van der Waals surface area contributed by atoms with Crippen LogP contribution in [0.2, 0.25) is 0 Å². The van der Waals surface area contributed by atoms with Crippen molar-refractivity contribution >= 4 is 11.9 Å². The summed E-state index contributed by atoms with van der Waals surface area (Å²) >= 11 is 0. The molecule has 2 rings (SSSR count). The molecule has 0 spiro atoms. The topological polar surface area (TPSA) is 78.4 Å². The first kappa shape index (κ1) is 13.3. The lowest BCUT2D eigenvalue weighted by atomic mass is 9.77. The third-order valence-corrected chi connectivity index (χ3v) is 4.28. The number of aliphatic carboxylic acids is 1. The van der Waals surface area contributed by atoms with Crippen LogP contribution in [0.3, 0.4) is 0 Å². The predicted octanol–water partition coefficient (Wildman–Crippen LogP) is 0.746. The highest BCUT2D eigenvalue weighted by atomic mass is 16.4. The van der Waals surface area contributed by atoms with Crippen LogP contribution < -0.4 is 10.6 Å². The van der Waals surface area contributed by atoms with Gasteiger partial charge in [0.15, 0.2) is 0 Å². The number of hydrogen-bond donors (Lipinski definition) is 3. The second-order valence-corrected chi connectivity index (χ2v) is 5.54. The Kier molecular flexibility index (Phi) is 3.90. The van der Waals surface area contributed by atoms with Gasteiger partial charge in [-0.05, 0) is 44.6 Å². The molecule has 0 radical (unpaired) electrons. The van der Waals surface area contributed by atoms with Crippen molar-refractivity contribution in [3.05, 3.63) is 0 Å². The first-order valence-electron chi connectivity index (χ1n) is 6.83. The Hall–Kier alpha value is -1.10. The molecule has 3 N–H and O–H groups in total. The summed E-state index contributed by atoms with van der Waals surface area (Å²) in [6, 6.07) is -0.692. The minimum Gasteiger partial charge on any atom is -0.480 e. The van der Waals surface area contributed by atoms with Gasteiger partial charge in [0, 0.05) is 6.54 Å². The summed E-state index contributed by atoms with van der Waals surface area (Å²) in [6.07, 6.45) is 4.40. The van der Waals surface area contributed by atoms with E-state index >= 15 is 0 Å². The Balaban J connectivity index is 2.02. The molecule has 0 bridgehead atoms. The van der Waals surface area contributed by atoms with Crippen molar-refractivity contribution in [3.8, 4) is 0 Å². The second kappa shape index (κ2) is 5.26. The highest BCUT2D eigenvalue weighted by Crippen LogP contribution is 2.35. The Morgan fingerprint density at radius 2 is 2.22 bits per heavy atom. The number of piperidine rings is 1. The lowest BCUT2D eigenvalue weighted by Crippen LogP contribution is -2.54. The van der Waals surface area contributed by atoms with Gasteiger partial charge < -0.3 is 15.7 Å². The molecule has 5 heteroatoms.